The summed E-state index contributed by atoms with van der Waals surface area (Å²) in [5.41, 5.74) is 2.14. The van der Waals surface area contributed by atoms with Crippen LogP contribution in [0.5, 0.6) is 0 Å². The minimum Gasteiger partial charge on any atom is -0.379 e. The molecule has 2 aliphatic rings. The molecule has 0 aliphatic carbocycles. The fourth-order valence-electron chi connectivity index (χ4n) is 4.25. The number of piperazine rings is 1. The first-order valence-corrected chi connectivity index (χ1v) is 10.7. The maximum Gasteiger partial charge on any atom is 0.234 e. The SMILES string of the molecule is O=C(C(c1ccccc1)c1ccccc1)N1CCN(CCN2CCOCC2)CC1. The van der Waals surface area contributed by atoms with E-state index in [-0.39, 0.29) is 11.8 Å². The van der Waals surface area contributed by atoms with Gasteiger partial charge in [-0.15, -0.1) is 0 Å². The van der Waals surface area contributed by atoms with Gasteiger partial charge in [-0.3, -0.25) is 14.6 Å². The standard InChI is InChI=1S/C24H31N3O2/c28-24(23(21-7-3-1-4-8-21)22-9-5-2-6-10-22)27-15-13-25(14-16-27)11-12-26-17-19-29-20-18-26/h1-10,23H,11-20H2. The fourth-order valence-corrected chi connectivity index (χ4v) is 4.25. The third-order valence-electron chi connectivity index (χ3n) is 6.03. The van der Waals surface area contributed by atoms with Gasteiger partial charge in [-0.2, -0.15) is 0 Å². The minimum atomic E-state index is -0.225. The van der Waals surface area contributed by atoms with Crippen molar-refractivity contribution < 1.29 is 9.53 Å². The molecule has 2 fully saturated rings. The lowest BCUT2D eigenvalue weighted by Gasteiger charge is -2.37. The van der Waals surface area contributed by atoms with Crippen LogP contribution in [0.15, 0.2) is 60.7 Å². The molecule has 2 aromatic carbocycles. The lowest BCUT2D eigenvalue weighted by atomic mass is 9.90. The number of hydrogen-bond acceptors (Lipinski definition) is 4. The van der Waals surface area contributed by atoms with Crippen LogP contribution in [0.25, 0.3) is 0 Å². The Labute approximate surface area is 173 Å². The largest absolute Gasteiger partial charge is 0.379 e. The zero-order valence-corrected chi connectivity index (χ0v) is 17.1. The summed E-state index contributed by atoms with van der Waals surface area (Å²) >= 11 is 0. The van der Waals surface area contributed by atoms with E-state index >= 15 is 0 Å². The first-order valence-electron chi connectivity index (χ1n) is 10.7. The number of morpholine rings is 1. The van der Waals surface area contributed by atoms with Crippen LogP contribution in [0, 0.1) is 0 Å². The van der Waals surface area contributed by atoms with Crippen molar-refractivity contribution in [2.45, 2.75) is 5.92 Å². The van der Waals surface area contributed by atoms with E-state index in [1.165, 1.54) is 0 Å². The van der Waals surface area contributed by atoms with Crippen molar-refractivity contribution in [3.05, 3.63) is 71.8 Å². The quantitative estimate of drug-likeness (QED) is 0.755. The molecule has 1 amide bonds. The average Bonchev–Trinajstić information content (AvgIpc) is 2.80. The summed E-state index contributed by atoms with van der Waals surface area (Å²) in [7, 11) is 0. The molecule has 29 heavy (non-hydrogen) atoms. The van der Waals surface area contributed by atoms with Crippen molar-refractivity contribution in [1.29, 1.82) is 0 Å². The molecule has 5 heteroatoms. The van der Waals surface area contributed by atoms with Crippen LogP contribution in [0.4, 0.5) is 0 Å². The smallest absolute Gasteiger partial charge is 0.234 e. The molecular formula is C24H31N3O2. The number of carbonyl (C=O) groups is 1. The van der Waals surface area contributed by atoms with Gasteiger partial charge in [-0.1, -0.05) is 60.7 Å². The van der Waals surface area contributed by atoms with E-state index < -0.39 is 0 Å². The van der Waals surface area contributed by atoms with Gasteiger partial charge >= 0.3 is 0 Å². The summed E-state index contributed by atoms with van der Waals surface area (Å²) in [5, 5.41) is 0. The second-order valence-corrected chi connectivity index (χ2v) is 7.88. The van der Waals surface area contributed by atoms with Crippen molar-refractivity contribution >= 4 is 5.91 Å². The number of ether oxygens (including phenoxy) is 1. The van der Waals surface area contributed by atoms with E-state index in [2.05, 4.69) is 39.0 Å². The van der Waals surface area contributed by atoms with Crippen LogP contribution < -0.4 is 0 Å². The molecule has 2 saturated heterocycles. The molecule has 0 atom stereocenters. The van der Waals surface area contributed by atoms with Crippen LogP contribution in [0.2, 0.25) is 0 Å². The second kappa shape index (κ2) is 10.0. The van der Waals surface area contributed by atoms with Crippen LogP contribution in [0.3, 0.4) is 0 Å². The Morgan fingerprint density at radius 2 is 1.21 bits per heavy atom. The highest BCUT2D eigenvalue weighted by molar-refractivity contribution is 5.87. The number of rotatable bonds is 6. The number of nitrogens with zero attached hydrogens (tertiary/aromatic N) is 3. The lowest BCUT2D eigenvalue weighted by Crippen LogP contribution is -2.52. The lowest BCUT2D eigenvalue weighted by molar-refractivity contribution is -0.133. The number of carbonyl (C=O) groups excluding carboxylic acids is 1. The summed E-state index contributed by atoms with van der Waals surface area (Å²) in [5.74, 6) is -0.00692. The Bertz CT molecular complexity index is 715. The molecule has 154 valence electrons. The first kappa shape index (κ1) is 20.1. The van der Waals surface area contributed by atoms with Gasteiger partial charge in [0.1, 0.15) is 0 Å². The molecule has 0 unspecified atom stereocenters. The normalized spacial score (nSPS) is 18.9. The van der Waals surface area contributed by atoms with Crippen molar-refractivity contribution in [1.82, 2.24) is 14.7 Å². The number of benzene rings is 2. The van der Waals surface area contributed by atoms with Crippen molar-refractivity contribution in [2.75, 3.05) is 65.6 Å². The Morgan fingerprint density at radius 3 is 1.72 bits per heavy atom. The van der Waals surface area contributed by atoms with Crippen molar-refractivity contribution in [3.63, 3.8) is 0 Å². The second-order valence-electron chi connectivity index (χ2n) is 7.88. The van der Waals surface area contributed by atoms with Gasteiger partial charge < -0.3 is 9.64 Å². The molecule has 0 spiro atoms. The van der Waals surface area contributed by atoms with Gasteiger partial charge in [0.25, 0.3) is 0 Å². The Hall–Kier alpha value is -2.21. The topological polar surface area (TPSA) is 36.0 Å². The van der Waals surface area contributed by atoms with E-state index in [9.17, 15) is 4.79 Å². The summed E-state index contributed by atoms with van der Waals surface area (Å²) in [6.45, 7) is 9.44. The predicted octanol–water partition coefficient (Wildman–Crippen LogP) is 2.29. The minimum absolute atomic E-state index is 0.218. The molecule has 0 bridgehead atoms. The molecular weight excluding hydrogens is 362 g/mol. The molecule has 0 radical (unpaired) electrons. The summed E-state index contributed by atoms with van der Waals surface area (Å²) in [6, 6.07) is 20.3. The van der Waals surface area contributed by atoms with Gasteiger partial charge in [0.15, 0.2) is 0 Å². The molecule has 0 aromatic heterocycles. The molecule has 2 aliphatic heterocycles. The van der Waals surface area contributed by atoms with Gasteiger partial charge in [0, 0.05) is 52.4 Å². The first-order chi connectivity index (χ1) is 14.3. The van der Waals surface area contributed by atoms with Crippen LogP contribution in [-0.2, 0) is 9.53 Å². The monoisotopic (exact) mass is 393 g/mol. The molecule has 2 aromatic rings. The van der Waals surface area contributed by atoms with Crippen molar-refractivity contribution in [3.8, 4) is 0 Å². The van der Waals surface area contributed by atoms with E-state index in [0.29, 0.717) is 0 Å². The van der Waals surface area contributed by atoms with E-state index in [1.807, 2.05) is 36.4 Å². The highest BCUT2D eigenvalue weighted by atomic mass is 16.5. The number of amides is 1. The van der Waals surface area contributed by atoms with E-state index in [1.54, 1.807) is 0 Å². The fraction of sp³-hybridized carbons (Fsp3) is 0.458. The van der Waals surface area contributed by atoms with Gasteiger partial charge in [-0.05, 0) is 11.1 Å². The Kier molecular flexibility index (Phi) is 6.93. The van der Waals surface area contributed by atoms with Gasteiger partial charge in [0.05, 0.1) is 19.1 Å². The van der Waals surface area contributed by atoms with Gasteiger partial charge in [-0.25, -0.2) is 0 Å². The predicted molar refractivity (Wildman–Crippen MR) is 115 cm³/mol. The zero-order chi connectivity index (χ0) is 19.9. The zero-order valence-electron chi connectivity index (χ0n) is 17.1. The van der Waals surface area contributed by atoms with E-state index in [4.69, 9.17) is 4.74 Å². The van der Waals surface area contributed by atoms with Crippen LogP contribution in [0.1, 0.15) is 17.0 Å². The molecule has 2 heterocycles. The van der Waals surface area contributed by atoms with Crippen LogP contribution >= 0.6 is 0 Å². The van der Waals surface area contributed by atoms with Crippen LogP contribution in [-0.4, -0.2) is 86.2 Å². The third kappa shape index (κ3) is 5.24. The molecule has 0 N–H and O–H groups in total. The Balaban J connectivity index is 1.36. The molecule has 4 rings (SSSR count). The Morgan fingerprint density at radius 1 is 0.724 bits per heavy atom. The van der Waals surface area contributed by atoms with Gasteiger partial charge in [0.2, 0.25) is 5.91 Å². The molecule has 5 nitrogen and oxygen atoms in total. The summed E-state index contributed by atoms with van der Waals surface area (Å²) < 4.78 is 5.43. The maximum absolute atomic E-state index is 13.5. The third-order valence-corrected chi connectivity index (χ3v) is 6.03. The maximum atomic E-state index is 13.5. The summed E-state index contributed by atoms with van der Waals surface area (Å²) in [4.78, 5) is 20.5. The van der Waals surface area contributed by atoms with E-state index in [0.717, 1.165) is 76.7 Å². The van der Waals surface area contributed by atoms with Crippen molar-refractivity contribution in [2.24, 2.45) is 0 Å². The highest BCUT2D eigenvalue weighted by Gasteiger charge is 2.29. The summed E-state index contributed by atoms with van der Waals surface area (Å²) in [6.07, 6.45) is 0. The average molecular weight is 394 g/mol. The highest BCUT2D eigenvalue weighted by Crippen LogP contribution is 2.27. The molecule has 0 saturated carbocycles. The number of hydrogen-bond donors (Lipinski definition) is 0.